The topological polar surface area (TPSA) is 77.8 Å². The molecule has 0 spiro atoms. The molecule has 0 saturated heterocycles. The molecule has 94 valence electrons. The van der Waals surface area contributed by atoms with Crippen molar-refractivity contribution in [3.05, 3.63) is 48.3 Å². The van der Waals surface area contributed by atoms with Gasteiger partial charge >= 0.3 is 0 Å². The smallest absolute Gasteiger partial charge is 0.276 e. The molecule has 2 heterocycles. The van der Waals surface area contributed by atoms with Crippen molar-refractivity contribution in [3.63, 3.8) is 0 Å². The van der Waals surface area contributed by atoms with E-state index in [1.165, 1.54) is 12.1 Å². The van der Waals surface area contributed by atoms with Gasteiger partial charge in [0.25, 0.3) is 5.89 Å². The van der Waals surface area contributed by atoms with Crippen molar-refractivity contribution >= 4 is 5.82 Å². The monoisotopic (exact) mass is 256 g/mol. The van der Waals surface area contributed by atoms with E-state index in [0.29, 0.717) is 22.9 Å². The molecule has 1 aromatic carbocycles. The Bertz CT molecular complexity index is 666. The molecule has 3 rings (SSSR count). The summed E-state index contributed by atoms with van der Waals surface area (Å²) in [6.07, 6.45) is 0. The fourth-order valence-electron chi connectivity index (χ4n) is 1.64. The number of benzene rings is 1. The Kier molecular flexibility index (Phi) is 2.68. The fourth-order valence-corrected chi connectivity index (χ4v) is 1.64. The van der Waals surface area contributed by atoms with Crippen LogP contribution in [0.4, 0.5) is 10.2 Å². The summed E-state index contributed by atoms with van der Waals surface area (Å²) in [5, 5.41) is 3.80. The summed E-state index contributed by atoms with van der Waals surface area (Å²) in [7, 11) is 0. The average molecular weight is 256 g/mol. The number of nitrogens with two attached hydrogens (primary N) is 1. The number of nitrogen functional groups attached to an aromatic ring is 1. The van der Waals surface area contributed by atoms with Gasteiger partial charge in [-0.3, -0.25) is 0 Å². The van der Waals surface area contributed by atoms with E-state index in [9.17, 15) is 4.39 Å². The van der Waals surface area contributed by atoms with E-state index in [-0.39, 0.29) is 11.7 Å². The lowest BCUT2D eigenvalue weighted by molar-refractivity contribution is 0.431. The Balaban J connectivity index is 2.00. The van der Waals surface area contributed by atoms with Crippen LogP contribution < -0.4 is 5.73 Å². The molecule has 0 saturated carbocycles. The van der Waals surface area contributed by atoms with E-state index >= 15 is 0 Å². The normalized spacial score (nSPS) is 10.6. The van der Waals surface area contributed by atoms with Gasteiger partial charge < -0.3 is 10.3 Å². The van der Waals surface area contributed by atoms with E-state index in [2.05, 4.69) is 15.1 Å². The highest BCUT2D eigenvalue weighted by Crippen LogP contribution is 2.21. The predicted octanol–water partition coefficient (Wildman–Crippen LogP) is 2.52. The number of hydrogen-bond acceptors (Lipinski definition) is 5. The molecule has 0 amide bonds. The van der Waals surface area contributed by atoms with Crippen LogP contribution in [0.1, 0.15) is 0 Å². The molecule has 3 aromatic rings. The van der Waals surface area contributed by atoms with Crippen molar-refractivity contribution in [3.8, 4) is 23.0 Å². The highest BCUT2D eigenvalue weighted by atomic mass is 19.1. The number of nitrogens with zero attached hydrogens (tertiary/aromatic N) is 3. The third-order valence-corrected chi connectivity index (χ3v) is 2.50. The quantitative estimate of drug-likeness (QED) is 0.762. The summed E-state index contributed by atoms with van der Waals surface area (Å²) in [6.45, 7) is 0. The first kappa shape index (κ1) is 11.3. The first-order chi connectivity index (χ1) is 9.22. The van der Waals surface area contributed by atoms with Crippen LogP contribution in [0.25, 0.3) is 23.0 Å². The molecule has 19 heavy (non-hydrogen) atoms. The Hall–Kier alpha value is -2.76. The minimum atomic E-state index is -0.356. The van der Waals surface area contributed by atoms with E-state index in [1.807, 2.05) is 0 Å². The van der Waals surface area contributed by atoms with Crippen LogP contribution in [0.15, 0.2) is 47.0 Å². The zero-order valence-corrected chi connectivity index (χ0v) is 9.75. The number of pyridine rings is 1. The van der Waals surface area contributed by atoms with Gasteiger partial charge in [-0.25, -0.2) is 9.37 Å². The van der Waals surface area contributed by atoms with Crippen LogP contribution in [0, 0.1) is 5.82 Å². The minimum Gasteiger partial charge on any atom is -0.384 e. The van der Waals surface area contributed by atoms with Crippen molar-refractivity contribution in [1.82, 2.24) is 15.1 Å². The predicted molar refractivity (Wildman–Crippen MR) is 67.3 cm³/mol. The second-order valence-corrected chi connectivity index (χ2v) is 3.88. The molecule has 5 nitrogen and oxygen atoms in total. The first-order valence-corrected chi connectivity index (χ1v) is 5.55. The van der Waals surface area contributed by atoms with Gasteiger partial charge in [-0.2, -0.15) is 4.98 Å². The molecule has 0 aliphatic carbocycles. The van der Waals surface area contributed by atoms with Gasteiger partial charge in [-0.05, 0) is 24.3 Å². The van der Waals surface area contributed by atoms with Crippen molar-refractivity contribution in [2.75, 3.05) is 5.73 Å². The second kappa shape index (κ2) is 4.49. The van der Waals surface area contributed by atoms with Crippen molar-refractivity contribution in [1.29, 1.82) is 0 Å². The number of anilines is 1. The molecule has 0 unspecified atom stereocenters. The van der Waals surface area contributed by atoms with Crippen LogP contribution in [0.3, 0.4) is 0 Å². The Morgan fingerprint density at radius 3 is 2.68 bits per heavy atom. The van der Waals surface area contributed by atoms with Crippen LogP contribution in [-0.4, -0.2) is 15.1 Å². The molecular formula is C13H9FN4O. The summed E-state index contributed by atoms with van der Waals surface area (Å²) >= 11 is 0. The van der Waals surface area contributed by atoms with Crippen LogP contribution in [0.5, 0.6) is 0 Å². The molecule has 2 aromatic heterocycles. The van der Waals surface area contributed by atoms with Crippen LogP contribution in [0.2, 0.25) is 0 Å². The fraction of sp³-hybridized carbons (Fsp3) is 0. The molecular weight excluding hydrogens is 247 g/mol. The third kappa shape index (κ3) is 2.28. The number of rotatable bonds is 2. The lowest BCUT2D eigenvalue weighted by atomic mass is 10.2. The van der Waals surface area contributed by atoms with Gasteiger partial charge in [0.1, 0.15) is 17.3 Å². The molecule has 0 aliphatic rings. The largest absolute Gasteiger partial charge is 0.384 e. The van der Waals surface area contributed by atoms with E-state index in [4.69, 9.17) is 10.3 Å². The molecule has 0 aliphatic heterocycles. The maximum Gasteiger partial charge on any atom is 0.276 e. The molecule has 0 atom stereocenters. The SMILES string of the molecule is Nc1cccc(-c2nc(-c3cccc(F)c3)no2)n1. The van der Waals surface area contributed by atoms with Crippen LogP contribution in [-0.2, 0) is 0 Å². The van der Waals surface area contributed by atoms with Gasteiger partial charge in [0.05, 0.1) is 0 Å². The third-order valence-electron chi connectivity index (χ3n) is 2.50. The summed E-state index contributed by atoms with van der Waals surface area (Å²) in [5.74, 6) is 0.555. The standard InChI is InChI=1S/C13H9FN4O/c14-9-4-1-3-8(7-9)12-17-13(19-18-12)10-5-2-6-11(15)16-10/h1-7H,(H2,15,16). The lowest BCUT2D eigenvalue weighted by Crippen LogP contribution is -1.91. The van der Waals surface area contributed by atoms with Crippen molar-refractivity contribution in [2.45, 2.75) is 0 Å². The number of hydrogen-bond donors (Lipinski definition) is 1. The summed E-state index contributed by atoms with van der Waals surface area (Å²) in [5.41, 5.74) is 6.61. The minimum absolute atomic E-state index is 0.242. The van der Waals surface area contributed by atoms with Gasteiger partial charge in [0.15, 0.2) is 0 Å². The Labute approximate surface area is 107 Å². The molecule has 0 bridgehead atoms. The second-order valence-electron chi connectivity index (χ2n) is 3.88. The Morgan fingerprint density at radius 1 is 1.05 bits per heavy atom. The zero-order chi connectivity index (χ0) is 13.2. The van der Waals surface area contributed by atoms with Gasteiger partial charge in [0, 0.05) is 5.56 Å². The summed E-state index contributed by atoms with van der Waals surface area (Å²) < 4.78 is 18.2. The summed E-state index contributed by atoms with van der Waals surface area (Å²) in [4.78, 5) is 8.25. The maximum atomic E-state index is 13.1. The number of aromatic nitrogens is 3. The lowest BCUT2D eigenvalue weighted by Gasteiger charge is -1.94. The van der Waals surface area contributed by atoms with Crippen LogP contribution >= 0.6 is 0 Å². The average Bonchev–Trinajstić information content (AvgIpc) is 2.88. The highest BCUT2D eigenvalue weighted by molar-refractivity contribution is 5.58. The molecule has 0 fully saturated rings. The van der Waals surface area contributed by atoms with Gasteiger partial charge in [-0.1, -0.05) is 23.4 Å². The first-order valence-electron chi connectivity index (χ1n) is 5.55. The molecule has 6 heteroatoms. The van der Waals surface area contributed by atoms with Gasteiger partial charge in [0.2, 0.25) is 5.82 Å². The summed E-state index contributed by atoms with van der Waals surface area (Å²) in [6, 6.07) is 11.1. The van der Waals surface area contributed by atoms with E-state index < -0.39 is 0 Å². The molecule has 2 N–H and O–H groups in total. The zero-order valence-electron chi connectivity index (χ0n) is 9.75. The molecule has 0 radical (unpaired) electrons. The van der Waals surface area contributed by atoms with Crippen molar-refractivity contribution in [2.24, 2.45) is 0 Å². The van der Waals surface area contributed by atoms with E-state index in [1.54, 1.807) is 30.3 Å². The Morgan fingerprint density at radius 2 is 1.89 bits per heavy atom. The number of halogens is 1. The van der Waals surface area contributed by atoms with Gasteiger partial charge in [-0.15, -0.1) is 0 Å². The highest BCUT2D eigenvalue weighted by Gasteiger charge is 2.12. The maximum absolute atomic E-state index is 13.1. The van der Waals surface area contributed by atoms with E-state index in [0.717, 1.165) is 0 Å². The van der Waals surface area contributed by atoms with Crippen molar-refractivity contribution < 1.29 is 8.91 Å².